The van der Waals surface area contributed by atoms with Gasteiger partial charge in [0.25, 0.3) is 0 Å². The van der Waals surface area contributed by atoms with E-state index in [0.717, 1.165) is 6.42 Å². The molecule has 1 amide bonds. The van der Waals surface area contributed by atoms with Crippen molar-refractivity contribution in [3.63, 3.8) is 0 Å². The van der Waals surface area contributed by atoms with Crippen LogP contribution in [0.25, 0.3) is 0 Å². The average molecular weight is 223 g/mol. The van der Waals surface area contributed by atoms with E-state index >= 15 is 0 Å². The van der Waals surface area contributed by atoms with E-state index in [9.17, 15) is 4.79 Å². The standard InChI is InChI=1S/C5H6INO/c1-5-2-3(8)7(5)4(5)6/h4H,2H2,1H3/t4?,5-,7?/m0/s1. The highest BCUT2D eigenvalue weighted by Crippen LogP contribution is 2.56. The lowest BCUT2D eigenvalue weighted by atomic mass is 10.0. The highest BCUT2D eigenvalue weighted by molar-refractivity contribution is 14.1. The molecule has 0 aromatic carbocycles. The van der Waals surface area contributed by atoms with Crippen LogP contribution >= 0.6 is 22.6 Å². The Morgan fingerprint density at radius 3 is 2.62 bits per heavy atom. The smallest absolute Gasteiger partial charge is 0.226 e. The van der Waals surface area contributed by atoms with Gasteiger partial charge in [0.1, 0.15) is 4.05 Å². The van der Waals surface area contributed by atoms with Crippen molar-refractivity contribution in [3.05, 3.63) is 0 Å². The highest BCUT2D eigenvalue weighted by atomic mass is 127. The fraction of sp³-hybridized carbons (Fsp3) is 0.800. The van der Waals surface area contributed by atoms with E-state index in [4.69, 9.17) is 0 Å². The fourth-order valence-electron chi connectivity index (χ4n) is 1.27. The van der Waals surface area contributed by atoms with Crippen LogP contribution in [0, 0.1) is 0 Å². The molecule has 3 heteroatoms. The second kappa shape index (κ2) is 1.05. The van der Waals surface area contributed by atoms with Gasteiger partial charge in [0.05, 0.1) is 12.0 Å². The van der Waals surface area contributed by atoms with Crippen molar-refractivity contribution in [1.82, 2.24) is 4.90 Å². The van der Waals surface area contributed by atoms with Crippen molar-refractivity contribution in [3.8, 4) is 0 Å². The molecule has 0 N–H and O–H groups in total. The van der Waals surface area contributed by atoms with Crippen molar-refractivity contribution in [2.24, 2.45) is 0 Å². The van der Waals surface area contributed by atoms with E-state index in [1.54, 1.807) is 0 Å². The van der Waals surface area contributed by atoms with E-state index in [1.807, 2.05) is 4.90 Å². The minimum absolute atomic E-state index is 0.289. The first-order valence-electron chi connectivity index (χ1n) is 2.62. The third-order valence-corrected chi connectivity index (χ3v) is 3.90. The maximum Gasteiger partial charge on any atom is 0.226 e. The molecule has 0 bridgehead atoms. The first kappa shape index (κ1) is 5.02. The minimum Gasteiger partial charge on any atom is -0.320 e. The van der Waals surface area contributed by atoms with E-state index < -0.39 is 0 Å². The molecule has 0 aliphatic carbocycles. The minimum atomic E-state index is 0.289. The lowest BCUT2D eigenvalue weighted by Gasteiger charge is -2.19. The molecule has 0 aromatic heterocycles. The van der Waals surface area contributed by atoms with Gasteiger partial charge in [-0.05, 0) is 6.92 Å². The summed E-state index contributed by atoms with van der Waals surface area (Å²) >= 11 is 2.31. The molecule has 2 atom stereocenters. The quantitative estimate of drug-likeness (QED) is 0.195. The molecule has 0 saturated carbocycles. The number of nitrogens with zero attached hydrogens (tertiary/aromatic N) is 1. The zero-order chi connectivity index (χ0) is 5.94. The molecule has 0 aromatic rings. The Morgan fingerprint density at radius 1 is 2.00 bits per heavy atom. The molecular weight excluding hydrogens is 217 g/mol. The second-order valence-electron chi connectivity index (χ2n) is 2.63. The molecule has 2 saturated heterocycles. The Hall–Kier alpha value is 0.200. The van der Waals surface area contributed by atoms with Crippen LogP contribution in [-0.2, 0) is 4.79 Å². The van der Waals surface area contributed by atoms with Gasteiger partial charge in [0.2, 0.25) is 5.91 Å². The number of carbonyl (C=O) groups excluding carboxylic acids is 1. The SMILES string of the molecule is C[C@@]12CC(=O)N1C2I. The largest absolute Gasteiger partial charge is 0.320 e. The van der Waals surface area contributed by atoms with E-state index in [2.05, 4.69) is 29.5 Å². The number of β-lactam (4-membered cyclic amide) rings is 1. The Balaban J connectivity index is 2.25. The van der Waals surface area contributed by atoms with Gasteiger partial charge in [-0.15, -0.1) is 0 Å². The van der Waals surface area contributed by atoms with Crippen LogP contribution in [0.4, 0.5) is 0 Å². The van der Waals surface area contributed by atoms with Gasteiger partial charge >= 0.3 is 0 Å². The molecular formula is C5H6INO. The summed E-state index contributed by atoms with van der Waals surface area (Å²) in [6.45, 7) is 2.13. The summed E-state index contributed by atoms with van der Waals surface area (Å²) in [6, 6.07) is 0. The molecule has 2 fully saturated rings. The first-order chi connectivity index (χ1) is 3.66. The van der Waals surface area contributed by atoms with Crippen LogP contribution in [0.5, 0.6) is 0 Å². The van der Waals surface area contributed by atoms with Crippen LogP contribution in [0.15, 0.2) is 0 Å². The summed E-state index contributed by atoms with van der Waals surface area (Å²) in [5, 5.41) is 0. The molecule has 2 aliphatic heterocycles. The number of carbonyl (C=O) groups is 1. The first-order valence-corrected chi connectivity index (χ1v) is 3.87. The number of rotatable bonds is 0. The molecule has 2 nitrogen and oxygen atoms in total. The van der Waals surface area contributed by atoms with Crippen LogP contribution in [0.1, 0.15) is 13.3 Å². The molecule has 44 valence electrons. The predicted molar refractivity (Wildman–Crippen MR) is 37.7 cm³/mol. The topological polar surface area (TPSA) is 20.1 Å². The average Bonchev–Trinajstić information content (AvgIpc) is 2.03. The molecule has 0 radical (unpaired) electrons. The van der Waals surface area contributed by atoms with Crippen molar-refractivity contribution in [2.75, 3.05) is 0 Å². The van der Waals surface area contributed by atoms with Gasteiger partial charge in [-0.1, -0.05) is 22.6 Å². The lowest BCUT2D eigenvalue weighted by molar-refractivity contribution is -0.133. The van der Waals surface area contributed by atoms with Crippen molar-refractivity contribution >= 4 is 28.5 Å². The van der Waals surface area contributed by atoms with Crippen LogP contribution < -0.4 is 0 Å². The van der Waals surface area contributed by atoms with Crippen LogP contribution in [0.3, 0.4) is 0 Å². The molecule has 0 spiro atoms. The van der Waals surface area contributed by atoms with E-state index in [-0.39, 0.29) is 5.54 Å². The maximum atomic E-state index is 10.6. The van der Waals surface area contributed by atoms with Gasteiger partial charge in [-0.25, -0.2) is 0 Å². The molecule has 8 heavy (non-hydrogen) atoms. The Kier molecular flexibility index (Phi) is 0.662. The summed E-state index contributed by atoms with van der Waals surface area (Å²) in [5.41, 5.74) is 0.289. The zero-order valence-electron chi connectivity index (χ0n) is 4.52. The molecule has 1 unspecified atom stereocenters. The Morgan fingerprint density at radius 2 is 2.62 bits per heavy atom. The Labute approximate surface area is 61.4 Å². The fourth-order valence-corrected chi connectivity index (χ4v) is 2.57. The van der Waals surface area contributed by atoms with Gasteiger partial charge in [-0.2, -0.15) is 0 Å². The maximum absolute atomic E-state index is 10.6. The highest BCUT2D eigenvalue weighted by Gasteiger charge is 2.69. The summed E-state index contributed by atoms with van der Waals surface area (Å²) < 4.78 is 0.507. The predicted octanol–water partition coefficient (Wildman–Crippen LogP) is 0.752. The number of hydrogen-bond acceptors (Lipinski definition) is 1. The van der Waals surface area contributed by atoms with Gasteiger partial charge in [-0.3, -0.25) is 4.79 Å². The van der Waals surface area contributed by atoms with Gasteiger partial charge in [0.15, 0.2) is 0 Å². The van der Waals surface area contributed by atoms with Crippen molar-refractivity contribution in [2.45, 2.75) is 22.9 Å². The van der Waals surface area contributed by atoms with E-state index in [0.29, 0.717) is 9.96 Å². The summed E-state index contributed by atoms with van der Waals surface area (Å²) in [6.07, 6.45) is 0.778. The molecule has 2 aliphatic rings. The number of amides is 1. The third kappa shape index (κ3) is 0.311. The van der Waals surface area contributed by atoms with Crippen LogP contribution in [-0.4, -0.2) is 20.4 Å². The van der Waals surface area contributed by atoms with Crippen LogP contribution in [0.2, 0.25) is 0 Å². The number of fused-ring (bicyclic) bond motifs is 1. The third-order valence-electron chi connectivity index (χ3n) is 2.00. The number of halogens is 1. The van der Waals surface area contributed by atoms with Crippen molar-refractivity contribution < 1.29 is 4.79 Å². The van der Waals surface area contributed by atoms with Gasteiger partial charge in [0, 0.05) is 0 Å². The van der Waals surface area contributed by atoms with Crippen molar-refractivity contribution in [1.29, 1.82) is 0 Å². The molecule has 2 rings (SSSR count). The summed E-state index contributed by atoms with van der Waals surface area (Å²) in [7, 11) is 0. The zero-order valence-corrected chi connectivity index (χ0v) is 6.68. The van der Waals surface area contributed by atoms with E-state index in [1.165, 1.54) is 0 Å². The summed E-state index contributed by atoms with van der Waals surface area (Å²) in [5.74, 6) is 0.326. The monoisotopic (exact) mass is 223 g/mol. The normalized spacial score (nSPS) is 50.5. The van der Waals surface area contributed by atoms with Gasteiger partial charge < -0.3 is 4.90 Å². The number of hydrogen-bond donors (Lipinski definition) is 0. The lowest BCUT2D eigenvalue weighted by Crippen LogP contribution is -2.35. The second-order valence-corrected chi connectivity index (χ2v) is 3.81. The molecule has 2 heterocycles. The number of alkyl halides is 1. The Bertz CT molecular complexity index is 170. The summed E-state index contributed by atoms with van der Waals surface area (Å²) in [4.78, 5) is 12.5.